The third-order valence-corrected chi connectivity index (χ3v) is 1.53. The quantitative estimate of drug-likeness (QED) is 0.492. The number of nitrogens with one attached hydrogen (secondary N) is 1. The van der Waals surface area contributed by atoms with Crippen molar-refractivity contribution in [3.63, 3.8) is 0 Å². The Kier molecular flexibility index (Phi) is 2.19. The first kappa shape index (κ1) is 6.71. The molecule has 0 radical (unpaired) electrons. The number of aliphatic hydroxyl groups excluding tert-OH is 1. The third-order valence-electron chi connectivity index (χ3n) is 1.53. The minimum atomic E-state index is 0.0197. The molecule has 1 aliphatic heterocycles. The molecule has 3 nitrogen and oxygen atoms in total. The van der Waals surface area contributed by atoms with E-state index in [1.807, 2.05) is 0 Å². The second-order valence-corrected chi connectivity index (χ2v) is 2.33. The number of Topliss-reactive ketones (excluding diaryl/α,β-unsaturated/α-hetero) is 1. The molecule has 0 amide bonds. The summed E-state index contributed by atoms with van der Waals surface area (Å²) in [6, 6.07) is 0.0197. The first-order valence-electron chi connectivity index (χ1n) is 3.19. The molecule has 0 aromatic rings. The summed E-state index contributed by atoms with van der Waals surface area (Å²) < 4.78 is 0. The van der Waals surface area contributed by atoms with E-state index in [1.54, 1.807) is 0 Å². The van der Waals surface area contributed by atoms with E-state index >= 15 is 0 Å². The van der Waals surface area contributed by atoms with Gasteiger partial charge in [0.2, 0.25) is 0 Å². The van der Waals surface area contributed by atoms with E-state index in [4.69, 9.17) is 5.11 Å². The first-order valence-corrected chi connectivity index (χ1v) is 3.19. The molecule has 52 valence electrons. The Morgan fingerprint density at radius 3 is 3.00 bits per heavy atom. The maximum Gasteiger partial charge on any atom is 0.135 e. The zero-order chi connectivity index (χ0) is 6.69. The van der Waals surface area contributed by atoms with E-state index in [0.29, 0.717) is 12.8 Å². The summed E-state index contributed by atoms with van der Waals surface area (Å²) in [5.74, 6) is 0.257. The van der Waals surface area contributed by atoms with Crippen molar-refractivity contribution in [3.05, 3.63) is 0 Å². The summed E-state index contributed by atoms with van der Waals surface area (Å²) in [4.78, 5) is 10.7. The van der Waals surface area contributed by atoms with Crippen molar-refractivity contribution in [3.8, 4) is 0 Å². The van der Waals surface area contributed by atoms with Gasteiger partial charge in [-0.25, -0.2) is 0 Å². The second kappa shape index (κ2) is 2.94. The maximum absolute atomic E-state index is 10.7. The van der Waals surface area contributed by atoms with E-state index in [0.717, 1.165) is 6.54 Å². The Morgan fingerprint density at radius 2 is 2.56 bits per heavy atom. The molecule has 0 aromatic carbocycles. The molecule has 1 saturated heterocycles. The predicted molar refractivity (Wildman–Crippen MR) is 33.1 cm³/mol. The van der Waals surface area contributed by atoms with Crippen molar-refractivity contribution in [1.82, 2.24) is 5.32 Å². The Bertz CT molecular complexity index is 114. The van der Waals surface area contributed by atoms with Gasteiger partial charge in [0.05, 0.1) is 6.61 Å². The molecular formula is C6H11NO2. The summed E-state index contributed by atoms with van der Waals surface area (Å²) in [5.41, 5.74) is 0. The van der Waals surface area contributed by atoms with E-state index in [9.17, 15) is 4.79 Å². The molecule has 1 unspecified atom stereocenters. The number of carbonyl (C=O) groups is 1. The Morgan fingerprint density at radius 1 is 1.78 bits per heavy atom. The number of ketones is 1. The van der Waals surface area contributed by atoms with Gasteiger partial charge < -0.3 is 10.4 Å². The lowest BCUT2D eigenvalue weighted by atomic mass is 10.0. The molecule has 1 atom stereocenters. The molecule has 1 heterocycles. The molecule has 0 bridgehead atoms. The highest BCUT2D eigenvalue weighted by molar-refractivity contribution is 5.79. The van der Waals surface area contributed by atoms with E-state index in [2.05, 4.69) is 5.32 Å². The summed E-state index contributed by atoms with van der Waals surface area (Å²) in [5, 5.41) is 11.6. The van der Waals surface area contributed by atoms with Crippen LogP contribution >= 0.6 is 0 Å². The van der Waals surface area contributed by atoms with Gasteiger partial charge in [0.25, 0.3) is 0 Å². The third kappa shape index (κ3) is 1.77. The fraction of sp³-hybridized carbons (Fsp3) is 0.833. The summed E-state index contributed by atoms with van der Waals surface area (Å²) in [6.07, 6.45) is 1.12. The number of rotatable bonds is 1. The van der Waals surface area contributed by atoms with Crippen molar-refractivity contribution in [2.75, 3.05) is 13.2 Å². The van der Waals surface area contributed by atoms with Crippen molar-refractivity contribution < 1.29 is 9.90 Å². The highest BCUT2D eigenvalue weighted by Crippen LogP contribution is 2.01. The van der Waals surface area contributed by atoms with Crippen LogP contribution in [0.2, 0.25) is 0 Å². The summed E-state index contributed by atoms with van der Waals surface area (Å²) in [6.45, 7) is 0.801. The fourth-order valence-electron chi connectivity index (χ4n) is 0.994. The highest BCUT2D eigenvalue weighted by atomic mass is 16.3. The van der Waals surface area contributed by atoms with Gasteiger partial charge in [0, 0.05) is 25.4 Å². The SMILES string of the molecule is O=C1CCNC(CO)C1. The van der Waals surface area contributed by atoms with Crippen LogP contribution in [0, 0.1) is 0 Å². The average molecular weight is 129 g/mol. The van der Waals surface area contributed by atoms with E-state index in [1.165, 1.54) is 0 Å². The van der Waals surface area contributed by atoms with Crippen molar-refractivity contribution in [2.24, 2.45) is 0 Å². The van der Waals surface area contributed by atoms with Gasteiger partial charge in [-0.3, -0.25) is 4.79 Å². The lowest BCUT2D eigenvalue weighted by molar-refractivity contribution is -0.120. The van der Waals surface area contributed by atoms with Crippen molar-refractivity contribution >= 4 is 5.78 Å². The monoisotopic (exact) mass is 129 g/mol. The zero-order valence-electron chi connectivity index (χ0n) is 5.26. The van der Waals surface area contributed by atoms with Crippen LogP contribution in [0.5, 0.6) is 0 Å². The van der Waals surface area contributed by atoms with Gasteiger partial charge >= 0.3 is 0 Å². The standard InChI is InChI=1S/C6H11NO2/c8-4-5-3-6(9)1-2-7-5/h5,7-8H,1-4H2. The Labute approximate surface area is 54.1 Å². The van der Waals surface area contributed by atoms with E-state index in [-0.39, 0.29) is 18.4 Å². The van der Waals surface area contributed by atoms with Gasteiger partial charge in [-0.15, -0.1) is 0 Å². The number of aliphatic hydroxyl groups is 1. The van der Waals surface area contributed by atoms with Gasteiger partial charge in [0.1, 0.15) is 5.78 Å². The Balaban J connectivity index is 2.32. The van der Waals surface area contributed by atoms with Gasteiger partial charge in [-0.1, -0.05) is 0 Å². The lowest BCUT2D eigenvalue weighted by Crippen LogP contribution is -2.40. The van der Waals surface area contributed by atoms with Crippen molar-refractivity contribution in [1.29, 1.82) is 0 Å². The smallest absolute Gasteiger partial charge is 0.135 e. The molecule has 3 heteroatoms. The molecule has 0 aliphatic carbocycles. The number of hydrogen-bond donors (Lipinski definition) is 2. The van der Waals surface area contributed by atoms with Crippen LogP contribution in [0.25, 0.3) is 0 Å². The fourth-order valence-corrected chi connectivity index (χ4v) is 0.994. The summed E-state index contributed by atoms with van der Waals surface area (Å²) >= 11 is 0. The number of carbonyl (C=O) groups excluding carboxylic acids is 1. The summed E-state index contributed by atoms with van der Waals surface area (Å²) in [7, 11) is 0. The minimum Gasteiger partial charge on any atom is -0.395 e. The average Bonchev–Trinajstić information content (AvgIpc) is 1.88. The van der Waals surface area contributed by atoms with Crippen LogP contribution in [0.15, 0.2) is 0 Å². The predicted octanol–water partition coefficient (Wildman–Crippen LogP) is -0.700. The van der Waals surface area contributed by atoms with Gasteiger partial charge in [0.15, 0.2) is 0 Å². The molecule has 1 aliphatic rings. The largest absolute Gasteiger partial charge is 0.395 e. The molecule has 1 rings (SSSR count). The molecular weight excluding hydrogens is 118 g/mol. The molecule has 2 N–H and O–H groups in total. The second-order valence-electron chi connectivity index (χ2n) is 2.33. The van der Waals surface area contributed by atoms with Crippen LogP contribution in [0.4, 0.5) is 0 Å². The molecule has 1 fully saturated rings. The lowest BCUT2D eigenvalue weighted by Gasteiger charge is -2.19. The normalized spacial score (nSPS) is 28.6. The molecule has 0 aromatic heterocycles. The molecule has 0 saturated carbocycles. The van der Waals surface area contributed by atoms with E-state index < -0.39 is 0 Å². The maximum atomic E-state index is 10.7. The van der Waals surface area contributed by atoms with Crippen molar-refractivity contribution in [2.45, 2.75) is 18.9 Å². The van der Waals surface area contributed by atoms with Crippen LogP contribution in [0.1, 0.15) is 12.8 Å². The number of piperidine rings is 1. The van der Waals surface area contributed by atoms with Crippen LogP contribution in [0.3, 0.4) is 0 Å². The molecule has 0 spiro atoms. The van der Waals surface area contributed by atoms with Crippen LogP contribution < -0.4 is 5.32 Å². The Hall–Kier alpha value is -0.410. The zero-order valence-corrected chi connectivity index (χ0v) is 5.26. The minimum absolute atomic E-state index is 0.0197. The highest BCUT2D eigenvalue weighted by Gasteiger charge is 2.16. The topological polar surface area (TPSA) is 49.3 Å². The first-order chi connectivity index (χ1) is 4.33. The van der Waals surface area contributed by atoms with Crippen LogP contribution in [-0.2, 0) is 4.79 Å². The molecule has 9 heavy (non-hydrogen) atoms. The van der Waals surface area contributed by atoms with Gasteiger partial charge in [-0.05, 0) is 0 Å². The van der Waals surface area contributed by atoms with Crippen LogP contribution in [-0.4, -0.2) is 30.1 Å². The van der Waals surface area contributed by atoms with Gasteiger partial charge in [-0.2, -0.15) is 0 Å². The number of hydrogen-bond acceptors (Lipinski definition) is 3.